The largest absolute Gasteiger partial charge is 0.417 e. The fraction of sp³-hybridized carbons (Fsp3) is 0.500. The predicted molar refractivity (Wildman–Crippen MR) is 71.2 cm³/mol. The number of rotatable bonds is 4. The first-order chi connectivity index (χ1) is 8.88. The first-order valence-electron chi connectivity index (χ1n) is 5.72. The summed E-state index contributed by atoms with van der Waals surface area (Å²) in [4.78, 5) is -0.808. The average molecular weight is 330 g/mol. The van der Waals surface area contributed by atoms with E-state index in [9.17, 15) is 21.6 Å². The van der Waals surface area contributed by atoms with Crippen LogP contribution in [0.1, 0.15) is 26.3 Å². The van der Waals surface area contributed by atoms with Crippen molar-refractivity contribution >= 4 is 21.6 Å². The molecule has 114 valence electrons. The van der Waals surface area contributed by atoms with Crippen molar-refractivity contribution in [2.75, 3.05) is 0 Å². The van der Waals surface area contributed by atoms with E-state index in [1.54, 1.807) is 6.92 Å². The molecule has 0 bridgehead atoms. The van der Waals surface area contributed by atoms with Crippen molar-refractivity contribution < 1.29 is 21.6 Å². The van der Waals surface area contributed by atoms with E-state index in [1.807, 2.05) is 0 Å². The lowest BCUT2D eigenvalue weighted by atomic mass is 10.0. The molecular formula is C12H15ClF3NO2S. The summed E-state index contributed by atoms with van der Waals surface area (Å²) in [6.45, 7) is 4.55. The summed E-state index contributed by atoms with van der Waals surface area (Å²) in [7, 11) is -4.33. The zero-order chi connectivity index (χ0) is 15.8. The first kappa shape index (κ1) is 17.3. The molecule has 0 aromatic heterocycles. The number of hydrogen-bond acceptors (Lipinski definition) is 2. The Bertz CT molecular complexity index is 583. The van der Waals surface area contributed by atoms with Gasteiger partial charge in [0.25, 0.3) is 0 Å². The van der Waals surface area contributed by atoms with Gasteiger partial charge in [0.1, 0.15) is 0 Å². The van der Waals surface area contributed by atoms with E-state index in [0.29, 0.717) is 0 Å². The van der Waals surface area contributed by atoms with Gasteiger partial charge in [-0.05, 0) is 32.9 Å². The minimum absolute atomic E-state index is 0.602. The lowest BCUT2D eigenvalue weighted by molar-refractivity contribution is -0.139. The maximum atomic E-state index is 12.9. The Morgan fingerprint density at radius 3 is 2.15 bits per heavy atom. The van der Waals surface area contributed by atoms with Crippen LogP contribution in [0.2, 0.25) is 0 Å². The normalized spacial score (nSPS) is 15.2. The summed E-state index contributed by atoms with van der Waals surface area (Å²) in [5, 5.41) is -0.602. The number of hydrogen-bond donors (Lipinski definition) is 1. The second kappa shape index (κ2) is 5.54. The van der Waals surface area contributed by atoms with Gasteiger partial charge < -0.3 is 0 Å². The van der Waals surface area contributed by atoms with Crippen LogP contribution in [-0.2, 0) is 16.2 Å². The van der Waals surface area contributed by atoms with Gasteiger partial charge in [-0.15, -0.1) is 11.6 Å². The topological polar surface area (TPSA) is 46.2 Å². The average Bonchev–Trinajstić information content (AvgIpc) is 2.26. The number of alkyl halides is 4. The van der Waals surface area contributed by atoms with Gasteiger partial charge in [0.2, 0.25) is 10.0 Å². The number of nitrogens with one attached hydrogen (secondary N) is 1. The lowest BCUT2D eigenvalue weighted by Crippen LogP contribution is -2.49. The fourth-order valence-electron chi connectivity index (χ4n) is 1.42. The van der Waals surface area contributed by atoms with E-state index in [2.05, 4.69) is 4.72 Å². The Labute approximate surface area is 121 Å². The smallest absolute Gasteiger partial charge is 0.207 e. The van der Waals surface area contributed by atoms with E-state index >= 15 is 0 Å². The van der Waals surface area contributed by atoms with Gasteiger partial charge in [-0.2, -0.15) is 13.2 Å². The molecule has 1 N–H and O–H groups in total. The highest BCUT2D eigenvalue weighted by molar-refractivity contribution is 7.89. The Morgan fingerprint density at radius 1 is 1.20 bits per heavy atom. The summed E-state index contributed by atoms with van der Waals surface area (Å²) in [6.07, 6.45) is -4.75. The van der Waals surface area contributed by atoms with Gasteiger partial charge in [-0.25, -0.2) is 13.1 Å². The molecule has 0 amide bonds. The van der Waals surface area contributed by atoms with Crippen molar-refractivity contribution in [3.63, 3.8) is 0 Å². The molecule has 0 spiro atoms. The molecule has 1 atom stereocenters. The summed E-state index contributed by atoms with van der Waals surface area (Å²) in [5.41, 5.74) is -2.29. The number of halogens is 4. The first-order valence-corrected chi connectivity index (χ1v) is 7.64. The quantitative estimate of drug-likeness (QED) is 0.861. The fourth-order valence-corrected chi connectivity index (χ4v) is 3.25. The zero-order valence-corrected chi connectivity index (χ0v) is 12.7. The molecule has 1 aromatic carbocycles. The van der Waals surface area contributed by atoms with Crippen molar-refractivity contribution in [2.45, 2.75) is 42.8 Å². The van der Waals surface area contributed by atoms with Crippen LogP contribution in [0.25, 0.3) is 0 Å². The van der Waals surface area contributed by atoms with Crippen molar-refractivity contribution in [3.05, 3.63) is 29.8 Å². The van der Waals surface area contributed by atoms with Gasteiger partial charge in [0.05, 0.1) is 10.5 Å². The standard InChI is InChI=1S/C12H15ClF3NO2S/c1-8(13)11(2,3)17-20(18,19)10-7-5-4-6-9(10)12(14,15)16/h4-8,17H,1-3H3. The van der Waals surface area contributed by atoms with E-state index in [1.165, 1.54) is 19.9 Å². The molecule has 0 saturated carbocycles. The van der Waals surface area contributed by atoms with Gasteiger partial charge in [0.15, 0.2) is 0 Å². The molecule has 1 unspecified atom stereocenters. The molecule has 20 heavy (non-hydrogen) atoms. The molecule has 0 heterocycles. The molecule has 1 aromatic rings. The lowest BCUT2D eigenvalue weighted by Gasteiger charge is -2.29. The minimum atomic E-state index is -4.75. The Morgan fingerprint density at radius 2 is 1.70 bits per heavy atom. The van der Waals surface area contributed by atoms with Crippen LogP contribution in [0.5, 0.6) is 0 Å². The van der Waals surface area contributed by atoms with E-state index in [0.717, 1.165) is 18.2 Å². The summed E-state index contributed by atoms with van der Waals surface area (Å²) < 4.78 is 65.1. The second-order valence-corrected chi connectivity index (χ2v) is 7.24. The van der Waals surface area contributed by atoms with E-state index in [4.69, 9.17) is 11.6 Å². The summed E-state index contributed by atoms with van der Waals surface area (Å²) in [6, 6.07) is 4.02. The van der Waals surface area contributed by atoms with Gasteiger partial charge >= 0.3 is 6.18 Å². The molecular weight excluding hydrogens is 315 g/mol. The minimum Gasteiger partial charge on any atom is -0.207 e. The molecule has 8 heteroatoms. The van der Waals surface area contributed by atoms with Gasteiger partial charge in [-0.1, -0.05) is 12.1 Å². The third-order valence-electron chi connectivity index (χ3n) is 2.87. The SMILES string of the molecule is CC(Cl)C(C)(C)NS(=O)(=O)c1ccccc1C(F)(F)F. The monoisotopic (exact) mass is 329 g/mol. The Kier molecular flexibility index (Phi) is 4.78. The van der Waals surface area contributed by atoms with Crippen molar-refractivity contribution in [3.8, 4) is 0 Å². The van der Waals surface area contributed by atoms with Gasteiger partial charge in [-0.3, -0.25) is 0 Å². The van der Waals surface area contributed by atoms with Crippen molar-refractivity contribution in [1.29, 1.82) is 0 Å². The molecule has 0 aliphatic heterocycles. The summed E-state index contributed by atoms with van der Waals surface area (Å²) >= 11 is 5.84. The molecule has 0 radical (unpaired) electrons. The Hall–Kier alpha value is -0.790. The molecule has 3 nitrogen and oxygen atoms in total. The van der Waals surface area contributed by atoms with Gasteiger partial charge in [0, 0.05) is 10.9 Å². The maximum Gasteiger partial charge on any atom is 0.417 e. The summed E-state index contributed by atoms with van der Waals surface area (Å²) in [5.74, 6) is 0. The number of sulfonamides is 1. The molecule has 0 aliphatic carbocycles. The highest BCUT2D eigenvalue weighted by Crippen LogP contribution is 2.34. The predicted octanol–water partition coefficient (Wildman–Crippen LogP) is 3.39. The third-order valence-corrected chi connectivity index (χ3v) is 5.15. The van der Waals surface area contributed by atoms with E-state index in [-0.39, 0.29) is 0 Å². The van der Waals surface area contributed by atoms with Crippen LogP contribution in [0.15, 0.2) is 29.2 Å². The van der Waals surface area contributed by atoms with Crippen LogP contribution < -0.4 is 4.72 Å². The van der Waals surface area contributed by atoms with Crippen LogP contribution in [-0.4, -0.2) is 19.3 Å². The molecule has 1 rings (SSSR count). The number of benzene rings is 1. The van der Waals surface area contributed by atoms with Crippen molar-refractivity contribution in [1.82, 2.24) is 4.72 Å². The highest BCUT2D eigenvalue weighted by atomic mass is 35.5. The van der Waals surface area contributed by atoms with Crippen LogP contribution >= 0.6 is 11.6 Å². The molecule has 0 saturated heterocycles. The third kappa shape index (κ3) is 3.86. The van der Waals surface area contributed by atoms with Crippen molar-refractivity contribution in [2.24, 2.45) is 0 Å². The second-order valence-electron chi connectivity index (χ2n) is 4.94. The maximum absolute atomic E-state index is 12.9. The zero-order valence-electron chi connectivity index (χ0n) is 11.1. The highest BCUT2D eigenvalue weighted by Gasteiger charge is 2.39. The molecule has 0 fully saturated rings. The van der Waals surface area contributed by atoms with E-state index < -0.39 is 37.6 Å². The Balaban J connectivity index is 3.31. The van der Waals surface area contributed by atoms with Crippen LogP contribution in [0.4, 0.5) is 13.2 Å². The van der Waals surface area contributed by atoms with Crippen LogP contribution in [0, 0.1) is 0 Å². The molecule has 0 aliphatic rings. The van der Waals surface area contributed by atoms with Crippen LogP contribution in [0.3, 0.4) is 0 Å².